The van der Waals surface area contributed by atoms with Gasteiger partial charge in [0.15, 0.2) is 5.96 Å². The Bertz CT molecular complexity index is 595. The molecule has 154 valence electrons. The van der Waals surface area contributed by atoms with E-state index in [-0.39, 0.29) is 24.0 Å². The van der Waals surface area contributed by atoms with E-state index < -0.39 is 10.8 Å². The lowest BCUT2D eigenvalue weighted by Gasteiger charge is -2.30. The molecule has 2 N–H and O–H groups in total. The number of halogens is 1. The highest BCUT2D eigenvalue weighted by Crippen LogP contribution is 2.23. The minimum atomic E-state index is -0.691. The Morgan fingerprint density at radius 1 is 1.30 bits per heavy atom. The molecule has 2 rings (SSSR count). The Labute approximate surface area is 183 Å². The average Bonchev–Trinajstić information content (AvgIpc) is 2.70. The lowest BCUT2D eigenvalue weighted by Crippen LogP contribution is -2.46. The first-order valence-corrected chi connectivity index (χ1v) is 11.0. The maximum absolute atomic E-state index is 12.1. The number of aliphatic imine (C=N–C) groups is 1. The van der Waals surface area contributed by atoms with Gasteiger partial charge >= 0.3 is 0 Å². The van der Waals surface area contributed by atoms with Crippen LogP contribution < -0.4 is 15.4 Å². The molecule has 0 spiro atoms. The molecule has 0 aromatic heterocycles. The maximum atomic E-state index is 12.1. The van der Waals surface area contributed by atoms with E-state index in [2.05, 4.69) is 27.8 Å². The van der Waals surface area contributed by atoms with Crippen LogP contribution in [-0.4, -0.2) is 47.9 Å². The molecule has 0 bridgehead atoms. The molecule has 1 saturated carbocycles. The molecule has 7 heteroatoms. The van der Waals surface area contributed by atoms with Crippen LogP contribution in [0.4, 0.5) is 0 Å². The molecule has 27 heavy (non-hydrogen) atoms. The largest absolute Gasteiger partial charge is 0.497 e. The highest BCUT2D eigenvalue weighted by Gasteiger charge is 2.25. The molecule has 1 aliphatic rings. The summed E-state index contributed by atoms with van der Waals surface area (Å²) in [6.45, 7) is 2.89. The third-order valence-electron chi connectivity index (χ3n) is 4.94. The van der Waals surface area contributed by atoms with Gasteiger partial charge in [-0.15, -0.1) is 24.0 Å². The zero-order valence-electron chi connectivity index (χ0n) is 16.7. The molecule has 1 aromatic rings. The molecular weight excluding hydrogens is 473 g/mol. The number of benzene rings is 1. The molecule has 3 atom stereocenters. The number of nitrogens with zero attached hydrogens (tertiary/aromatic N) is 1. The normalized spacial score (nSPS) is 21.1. The van der Waals surface area contributed by atoms with E-state index in [1.54, 1.807) is 7.11 Å². The molecule has 1 aromatic carbocycles. The Balaban J connectivity index is 0.00000364. The van der Waals surface area contributed by atoms with E-state index in [9.17, 15) is 4.21 Å². The van der Waals surface area contributed by atoms with Crippen molar-refractivity contribution >= 4 is 40.7 Å². The SMILES string of the molecule is CCS(=O)C1CCCC(NC(=NC)NCCCc2ccc(OC)cc2)C1.I. The van der Waals surface area contributed by atoms with Crippen LogP contribution in [0.25, 0.3) is 0 Å². The monoisotopic (exact) mass is 507 g/mol. The minimum Gasteiger partial charge on any atom is -0.497 e. The summed E-state index contributed by atoms with van der Waals surface area (Å²) in [5.74, 6) is 2.51. The Morgan fingerprint density at radius 2 is 2.04 bits per heavy atom. The molecular formula is C20H34IN3O2S. The predicted molar refractivity (Wildman–Crippen MR) is 126 cm³/mol. The average molecular weight is 507 g/mol. The number of methoxy groups -OCH3 is 1. The zero-order valence-corrected chi connectivity index (χ0v) is 19.8. The fourth-order valence-electron chi connectivity index (χ4n) is 3.43. The summed E-state index contributed by atoms with van der Waals surface area (Å²) in [5, 5.41) is 7.25. The molecule has 0 radical (unpaired) electrons. The first-order valence-electron chi connectivity index (χ1n) is 9.63. The molecule has 0 aliphatic heterocycles. The number of ether oxygens (including phenoxy) is 1. The number of nitrogens with one attached hydrogen (secondary N) is 2. The van der Waals surface area contributed by atoms with Crippen molar-refractivity contribution in [1.82, 2.24) is 10.6 Å². The van der Waals surface area contributed by atoms with E-state index in [1.165, 1.54) is 5.56 Å². The number of guanidine groups is 1. The van der Waals surface area contributed by atoms with Gasteiger partial charge in [-0.3, -0.25) is 9.20 Å². The second-order valence-corrected chi connectivity index (χ2v) is 8.76. The van der Waals surface area contributed by atoms with Crippen LogP contribution >= 0.6 is 24.0 Å². The highest BCUT2D eigenvalue weighted by molar-refractivity contribution is 14.0. The van der Waals surface area contributed by atoms with Crippen LogP contribution in [0.2, 0.25) is 0 Å². The highest BCUT2D eigenvalue weighted by atomic mass is 127. The predicted octanol–water partition coefficient (Wildman–Crippen LogP) is 3.49. The van der Waals surface area contributed by atoms with Crippen molar-refractivity contribution in [3.63, 3.8) is 0 Å². The Hall–Kier alpha value is -0.830. The van der Waals surface area contributed by atoms with Crippen molar-refractivity contribution < 1.29 is 8.95 Å². The summed E-state index contributed by atoms with van der Waals surface area (Å²) in [6, 6.07) is 8.60. The van der Waals surface area contributed by atoms with Crippen molar-refractivity contribution in [2.45, 2.75) is 56.7 Å². The third kappa shape index (κ3) is 8.37. The van der Waals surface area contributed by atoms with Crippen LogP contribution in [-0.2, 0) is 17.2 Å². The van der Waals surface area contributed by atoms with Gasteiger partial charge in [0.25, 0.3) is 0 Å². The van der Waals surface area contributed by atoms with Crippen LogP contribution in [0.5, 0.6) is 5.75 Å². The molecule has 1 fully saturated rings. The van der Waals surface area contributed by atoms with Gasteiger partial charge in [-0.25, -0.2) is 0 Å². The summed E-state index contributed by atoms with van der Waals surface area (Å²) in [4.78, 5) is 4.34. The van der Waals surface area contributed by atoms with Gasteiger partial charge in [0.05, 0.1) is 7.11 Å². The Kier molecular flexibility index (Phi) is 12.0. The lowest BCUT2D eigenvalue weighted by atomic mass is 9.95. The van der Waals surface area contributed by atoms with Crippen LogP contribution in [0.1, 0.15) is 44.6 Å². The maximum Gasteiger partial charge on any atom is 0.191 e. The smallest absolute Gasteiger partial charge is 0.191 e. The first-order chi connectivity index (χ1) is 12.7. The van der Waals surface area contributed by atoms with E-state index in [1.807, 2.05) is 26.1 Å². The number of rotatable bonds is 8. The van der Waals surface area contributed by atoms with Gasteiger partial charge in [-0.1, -0.05) is 25.5 Å². The third-order valence-corrected chi connectivity index (χ3v) is 6.68. The summed E-state index contributed by atoms with van der Waals surface area (Å²) < 4.78 is 17.3. The fraction of sp³-hybridized carbons (Fsp3) is 0.650. The molecule has 5 nitrogen and oxygen atoms in total. The zero-order chi connectivity index (χ0) is 18.8. The van der Waals surface area contributed by atoms with Crippen molar-refractivity contribution in [2.24, 2.45) is 4.99 Å². The van der Waals surface area contributed by atoms with Crippen LogP contribution in [0.3, 0.4) is 0 Å². The number of hydrogen-bond donors (Lipinski definition) is 2. The lowest BCUT2D eigenvalue weighted by molar-refractivity contribution is 0.413. The van der Waals surface area contributed by atoms with Crippen molar-refractivity contribution in [3.8, 4) is 5.75 Å². The second-order valence-electron chi connectivity index (χ2n) is 6.75. The summed E-state index contributed by atoms with van der Waals surface area (Å²) >= 11 is 0. The van der Waals surface area contributed by atoms with Gasteiger partial charge in [0, 0.05) is 41.4 Å². The topological polar surface area (TPSA) is 62.7 Å². The molecule has 0 amide bonds. The molecule has 3 unspecified atom stereocenters. The fourth-order valence-corrected chi connectivity index (χ4v) is 4.78. The van der Waals surface area contributed by atoms with Gasteiger partial charge in [0.1, 0.15) is 5.75 Å². The Morgan fingerprint density at radius 3 is 2.67 bits per heavy atom. The van der Waals surface area contributed by atoms with Crippen molar-refractivity contribution in [2.75, 3.05) is 26.5 Å². The quantitative estimate of drug-likeness (QED) is 0.245. The van der Waals surface area contributed by atoms with Gasteiger partial charge in [-0.2, -0.15) is 0 Å². The van der Waals surface area contributed by atoms with Gasteiger partial charge < -0.3 is 15.4 Å². The molecule has 0 saturated heterocycles. The van der Waals surface area contributed by atoms with Gasteiger partial charge in [0.2, 0.25) is 0 Å². The summed E-state index contributed by atoms with van der Waals surface area (Å²) in [6.07, 6.45) is 6.40. The molecule has 1 aliphatic carbocycles. The van der Waals surface area contributed by atoms with Crippen LogP contribution in [0.15, 0.2) is 29.3 Å². The number of hydrogen-bond acceptors (Lipinski definition) is 3. The van der Waals surface area contributed by atoms with Crippen molar-refractivity contribution in [3.05, 3.63) is 29.8 Å². The second kappa shape index (κ2) is 13.4. The van der Waals surface area contributed by atoms with E-state index in [0.717, 1.165) is 62.5 Å². The van der Waals surface area contributed by atoms with E-state index >= 15 is 0 Å². The standard InChI is InChI=1S/C20H33N3O2S.HI/c1-4-26(24)19-9-5-8-17(15-19)23-20(21-2)22-14-6-7-16-10-12-18(25-3)13-11-16;/h10-13,17,19H,4-9,14-15H2,1-3H3,(H2,21,22,23);1H. The van der Waals surface area contributed by atoms with Crippen LogP contribution in [0, 0.1) is 0 Å². The molecule has 0 heterocycles. The van der Waals surface area contributed by atoms with E-state index in [0.29, 0.717) is 11.3 Å². The number of aryl methyl sites for hydroxylation is 1. The van der Waals surface area contributed by atoms with Gasteiger partial charge in [-0.05, 0) is 49.8 Å². The summed E-state index contributed by atoms with van der Waals surface area (Å²) in [7, 11) is 2.80. The van der Waals surface area contributed by atoms with E-state index in [4.69, 9.17) is 4.74 Å². The van der Waals surface area contributed by atoms with Crippen molar-refractivity contribution in [1.29, 1.82) is 0 Å². The summed E-state index contributed by atoms with van der Waals surface area (Å²) in [5.41, 5.74) is 1.31. The first kappa shape index (κ1) is 24.2. The minimum absolute atomic E-state index is 0.